The fourth-order valence-electron chi connectivity index (χ4n) is 1.93. The van der Waals surface area contributed by atoms with Crippen LogP contribution in [0, 0.1) is 5.53 Å². The van der Waals surface area contributed by atoms with Gasteiger partial charge in [0.1, 0.15) is 5.69 Å². The third-order valence-electron chi connectivity index (χ3n) is 3.29. The molecule has 2 rings (SSSR count). The second-order valence-electron chi connectivity index (χ2n) is 5.25. The van der Waals surface area contributed by atoms with Gasteiger partial charge in [-0.2, -0.15) is 31.5 Å². The van der Waals surface area contributed by atoms with Crippen LogP contribution >= 0.6 is 0 Å². The molecule has 0 bridgehead atoms. The first kappa shape index (κ1) is 20.2. The summed E-state index contributed by atoms with van der Waals surface area (Å²) in [5.41, 5.74) is 5.78. The predicted molar refractivity (Wildman–Crippen MR) is 86.0 cm³/mol. The van der Waals surface area contributed by atoms with Crippen molar-refractivity contribution in [2.45, 2.75) is 12.4 Å². The third kappa shape index (κ3) is 5.97. The van der Waals surface area contributed by atoms with Crippen LogP contribution in [0.3, 0.4) is 0 Å². The highest BCUT2D eigenvalue weighted by molar-refractivity contribution is 5.49. The Morgan fingerprint density at radius 1 is 1.00 bits per heavy atom. The lowest BCUT2D eigenvalue weighted by Crippen LogP contribution is -2.10. The maximum absolute atomic E-state index is 12.6. The number of nitrogens with zero attached hydrogens (tertiary/aromatic N) is 2. The van der Waals surface area contributed by atoms with Gasteiger partial charge in [-0.15, -0.1) is 0 Å². The molecule has 3 N–H and O–H groups in total. The molecule has 0 aliphatic carbocycles. The minimum Gasteiger partial charge on any atom is -0.379 e. The molecule has 0 unspecified atom stereocenters. The molecule has 1 aromatic heterocycles. The fourth-order valence-corrected chi connectivity index (χ4v) is 1.93. The Kier molecular flexibility index (Phi) is 6.03. The molecule has 0 aliphatic heterocycles. The van der Waals surface area contributed by atoms with E-state index in [2.05, 4.69) is 20.7 Å². The molecule has 27 heavy (non-hydrogen) atoms. The van der Waals surface area contributed by atoms with Crippen molar-refractivity contribution in [2.75, 3.05) is 17.2 Å². The summed E-state index contributed by atoms with van der Waals surface area (Å²) >= 11 is 0. The van der Waals surface area contributed by atoms with E-state index in [-0.39, 0.29) is 17.9 Å². The average molecular weight is 389 g/mol. The first-order chi connectivity index (χ1) is 12.6. The SMILES string of the molecule is N=N/C(=C\Nc1ccc(C(F)(F)F)cc1)CNc1ccnc(C(F)(F)F)c1. The summed E-state index contributed by atoms with van der Waals surface area (Å²) in [4.78, 5) is 3.23. The van der Waals surface area contributed by atoms with Crippen molar-refractivity contribution in [3.63, 3.8) is 0 Å². The molecule has 0 atom stereocenters. The first-order valence-electron chi connectivity index (χ1n) is 7.37. The number of hydrogen-bond donors (Lipinski definition) is 3. The fraction of sp³-hybridized carbons (Fsp3) is 0.188. The highest BCUT2D eigenvalue weighted by Gasteiger charge is 2.32. The number of pyridine rings is 1. The number of nitrogens with one attached hydrogen (secondary N) is 3. The van der Waals surface area contributed by atoms with E-state index >= 15 is 0 Å². The Morgan fingerprint density at radius 2 is 1.67 bits per heavy atom. The Morgan fingerprint density at radius 3 is 2.22 bits per heavy atom. The molecule has 0 radical (unpaired) electrons. The summed E-state index contributed by atoms with van der Waals surface area (Å²) in [6, 6.07) is 6.31. The molecule has 0 saturated heterocycles. The number of alkyl halides is 6. The lowest BCUT2D eigenvalue weighted by molar-refractivity contribution is -0.141. The summed E-state index contributed by atoms with van der Waals surface area (Å²) in [5, 5.41) is 8.55. The van der Waals surface area contributed by atoms with Crippen molar-refractivity contribution in [3.8, 4) is 0 Å². The standard InChI is InChI=1S/C16H13F6N5/c17-15(18,19)10-1-3-11(4-2-10)25-8-13(27-23)9-26-12-5-6-24-14(7-12)16(20,21)22/h1-8,23,25H,9H2,(H,24,26)/b13-8-,27-23?. The molecule has 0 saturated carbocycles. The molecule has 0 spiro atoms. The van der Waals surface area contributed by atoms with Crippen LogP contribution in [-0.4, -0.2) is 11.5 Å². The van der Waals surface area contributed by atoms with Crippen molar-refractivity contribution in [1.82, 2.24) is 4.98 Å². The Hall–Kier alpha value is -3.11. The summed E-state index contributed by atoms with van der Waals surface area (Å²) in [6.45, 7) is -0.0849. The number of anilines is 2. The minimum absolute atomic E-state index is 0.0849. The van der Waals surface area contributed by atoms with Gasteiger partial charge in [-0.3, -0.25) is 4.98 Å². The summed E-state index contributed by atoms with van der Waals surface area (Å²) in [5.74, 6) is 0. The molecule has 2 aromatic rings. The second kappa shape index (κ2) is 8.06. The second-order valence-corrected chi connectivity index (χ2v) is 5.25. The largest absolute Gasteiger partial charge is 0.433 e. The van der Waals surface area contributed by atoms with E-state index in [1.165, 1.54) is 24.4 Å². The number of halogens is 6. The monoisotopic (exact) mass is 389 g/mol. The van der Waals surface area contributed by atoms with Gasteiger partial charge in [0.2, 0.25) is 0 Å². The Labute approximate surface area is 149 Å². The van der Waals surface area contributed by atoms with Gasteiger partial charge in [0.15, 0.2) is 0 Å². The number of benzene rings is 1. The van der Waals surface area contributed by atoms with Crippen LogP contribution in [0.4, 0.5) is 37.7 Å². The summed E-state index contributed by atoms with van der Waals surface area (Å²) < 4.78 is 75.3. The van der Waals surface area contributed by atoms with Gasteiger partial charge in [-0.25, -0.2) is 5.53 Å². The van der Waals surface area contributed by atoms with E-state index in [0.29, 0.717) is 5.69 Å². The third-order valence-corrected chi connectivity index (χ3v) is 3.29. The van der Waals surface area contributed by atoms with Crippen LogP contribution in [0.1, 0.15) is 11.3 Å². The van der Waals surface area contributed by atoms with Gasteiger partial charge in [0, 0.05) is 23.8 Å². The molecule has 11 heteroatoms. The predicted octanol–water partition coefficient (Wildman–Crippen LogP) is 5.52. The van der Waals surface area contributed by atoms with Crippen LogP contribution in [0.25, 0.3) is 0 Å². The van der Waals surface area contributed by atoms with Crippen molar-refractivity contribution < 1.29 is 26.3 Å². The van der Waals surface area contributed by atoms with Crippen LogP contribution in [-0.2, 0) is 12.4 Å². The smallest absolute Gasteiger partial charge is 0.379 e. The van der Waals surface area contributed by atoms with Gasteiger partial charge in [0.05, 0.1) is 17.8 Å². The number of aromatic nitrogens is 1. The number of rotatable bonds is 6. The van der Waals surface area contributed by atoms with Crippen LogP contribution in [0.2, 0.25) is 0 Å². The summed E-state index contributed by atoms with van der Waals surface area (Å²) in [7, 11) is 0. The van der Waals surface area contributed by atoms with E-state index in [1.54, 1.807) is 0 Å². The van der Waals surface area contributed by atoms with Gasteiger partial charge in [-0.05, 0) is 36.4 Å². The van der Waals surface area contributed by atoms with Crippen molar-refractivity contribution >= 4 is 11.4 Å². The topological polar surface area (TPSA) is 73.2 Å². The van der Waals surface area contributed by atoms with Gasteiger partial charge in [0.25, 0.3) is 0 Å². The van der Waals surface area contributed by atoms with E-state index in [1.807, 2.05) is 0 Å². The Balaban J connectivity index is 2.00. The molecular formula is C16H13F6N5. The zero-order valence-electron chi connectivity index (χ0n) is 13.5. The zero-order valence-corrected chi connectivity index (χ0v) is 13.5. The molecule has 1 aromatic carbocycles. The van der Waals surface area contributed by atoms with E-state index < -0.39 is 23.6 Å². The lowest BCUT2D eigenvalue weighted by atomic mass is 10.2. The molecule has 5 nitrogen and oxygen atoms in total. The maximum Gasteiger partial charge on any atom is 0.433 e. The van der Waals surface area contributed by atoms with Crippen LogP contribution in [0.5, 0.6) is 0 Å². The van der Waals surface area contributed by atoms with E-state index in [9.17, 15) is 26.3 Å². The van der Waals surface area contributed by atoms with Gasteiger partial charge >= 0.3 is 12.4 Å². The molecule has 0 aliphatic rings. The minimum atomic E-state index is -4.58. The summed E-state index contributed by atoms with van der Waals surface area (Å²) in [6.07, 6.45) is -6.78. The van der Waals surface area contributed by atoms with Crippen molar-refractivity contribution in [1.29, 1.82) is 5.53 Å². The molecule has 144 valence electrons. The normalized spacial score (nSPS) is 12.6. The maximum atomic E-state index is 12.6. The molecule has 0 fully saturated rings. The molecular weight excluding hydrogens is 376 g/mol. The lowest BCUT2D eigenvalue weighted by Gasteiger charge is -2.10. The van der Waals surface area contributed by atoms with Gasteiger partial charge < -0.3 is 10.6 Å². The zero-order chi connectivity index (χ0) is 20.1. The quantitative estimate of drug-likeness (QED) is 0.450. The average Bonchev–Trinajstić information content (AvgIpc) is 2.61. The molecule has 0 amide bonds. The number of hydrogen-bond acceptors (Lipinski definition) is 5. The highest BCUT2D eigenvalue weighted by Crippen LogP contribution is 2.30. The van der Waals surface area contributed by atoms with Gasteiger partial charge in [-0.1, -0.05) is 0 Å². The molecule has 1 heterocycles. The van der Waals surface area contributed by atoms with Crippen molar-refractivity contribution in [3.05, 3.63) is 65.7 Å². The van der Waals surface area contributed by atoms with E-state index in [4.69, 9.17) is 5.53 Å². The highest BCUT2D eigenvalue weighted by atomic mass is 19.4. The Bertz CT molecular complexity index is 811. The first-order valence-corrected chi connectivity index (χ1v) is 7.37. The van der Waals surface area contributed by atoms with E-state index in [0.717, 1.165) is 24.4 Å². The van der Waals surface area contributed by atoms with Crippen LogP contribution in [0.15, 0.2) is 59.6 Å². The van der Waals surface area contributed by atoms with Crippen LogP contribution < -0.4 is 10.6 Å². The van der Waals surface area contributed by atoms with Crippen molar-refractivity contribution in [2.24, 2.45) is 5.11 Å².